The van der Waals surface area contributed by atoms with Gasteiger partial charge in [0.15, 0.2) is 5.78 Å². The standard InChI is InChI=1S/C14H19BrO2S/c1-11(2)10-18(17)9-3-4-14(16)12-5-7-13(15)8-6-12/h5-8,11H,3-4,9-10H2,1-2H3. The summed E-state index contributed by atoms with van der Waals surface area (Å²) in [6, 6.07) is 7.36. The maximum atomic E-state index is 11.8. The summed E-state index contributed by atoms with van der Waals surface area (Å²) in [6.45, 7) is 4.12. The van der Waals surface area contributed by atoms with E-state index in [1.165, 1.54) is 0 Å². The second-order valence-electron chi connectivity index (χ2n) is 4.74. The quantitative estimate of drug-likeness (QED) is 0.712. The molecule has 0 N–H and O–H groups in total. The van der Waals surface area contributed by atoms with Crippen molar-refractivity contribution in [3.05, 3.63) is 34.3 Å². The predicted molar refractivity (Wildman–Crippen MR) is 80.4 cm³/mol. The zero-order valence-corrected chi connectivity index (χ0v) is 13.2. The van der Waals surface area contributed by atoms with Crippen LogP contribution in [0.3, 0.4) is 0 Å². The Bertz CT molecular complexity index is 412. The molecule has 0 saturated heterocycles. The first kappa shape index (κ1) is 15.6. The molecule has 1 rings (SSSR count). The molecule has 0 bridgehead atoms. The molecular weight excluding hydrogens is 312 g/mol. The molecule has 1 unspecified atom stereocenters. The van der Waals surface area contributed by atoms with Crippen molar-refractivity contribution >= 4 is 32.5 Å². The maximum Gasteiger partial charge on any atom is 0.162 e. The number of carbonyl (C=O) groups excluding carboxylic acids is 1. The lowest BCUT2D eigenvalue weighted by molar-refractivity contribution is 0.0982. The van der Waals surface area contributed by atoms with Crippen LogP contribution >= 0.6 is 15.9 Å². The average molecular weight is 331 g/mol. The smallest absolute Gasteiger partial charge is 0.162 e. The van der Waals surface area contributed by atoms with Crippen molar-refractivity contribution in [2.75, 3.05) is 11.5 Å². The highest BCUT2D eigenvalue weighted by atomic mass is 79.9. The molecule has 4 heteroatoms. The van der Waals surface area contributed by atoms with Gasteiger partial charge in [0.05, 0.1) is 0 Å². The van der Waals surface area contributed by atoms with Crippen molar-refractivity contribution in [1.29, 1.82) is 0 Å². The van der Waals surface area contributed by atoms with E-state index < -0.39 is 10.8 Å². The number of Topliss-reactive ketones (excluding diaryl/α,β-unsaturated/α-hetero) is 1. The molecule has 0 heterocycles. The van der Waals surface area contributed by atoms with Crippen molar-refractivity contribution < 1.29 is 9.00 Å². The minimum absolute atomic E-state index is 0.129. The molecule has 18 heavy (non-hydrogen) atoms. The predicted octanol–water partition coefficient (Wildman–Crippen LogP) is 3.82. The Morgan fingerprint density at radius 1 is 1.28 bits per heavy atom. The molecule has 100 valence electrons. The van der Waals surface area contributed by atoms with Gasteiger partial charge in [-0.05, 0) is 24.5 Å². The number of rotatable bonds is 7. The Labute approximate surface area is 120 Å². The van der Waals surface area contributed by atoms with E-state index in [9.17, 15) is 9.00 Å². The van der Waals surface area contributed by atoms with Crippen LogP contribution in [0.25, 0.3) is 0 Å². The van der Waals surface area contributed by atoms with Crippen LogP contribution in [-0.4, -0.2) is 21.5 Å². The van der Waals surface area contributed by atoms with E-state index in [2.05, 4.69) is 29.8 Å². The van der Waals surface area contributed by atoms with Gasteiger partial charge in [0.1, 0.15) is 0 Å². The molecule has 0 saturated carbocycles. The molecule has 0 amide bonds. The van der Waals surface area contributed by atoms with Crippen molar-refractivity contribution in [2.45, 2.75) is 26.7 Å². The van der Waals surface area contributed by atoms with Gasteiger partial charge in [-0.2, -0.15) is 0 Å². The topological polar surface area (TPSA) is 34.1 Å². The molecule has 2 nitrogen and oxygen atoms in total. The summed E-state index contributed by atoms with van der Waals surface area (Å²) in [6.07, 6.45) is 1.18. The van der Waals surface area contributed by atoms with Crippen LogP contribution in [0.2, 0.25) is 0 Å². The first-order valence-electron chi connectivity index (χ1n) is 6.12. The van der Waals surface area contributed by atoms with Crippen molar-refractivity contribution in [2.24, 2.45) is 5.92 Å². The number of halogens is 1. The zero-order valence-electron chi connectivity index (χ0n) is 10.8. The fraction of sp³-hybridized carbons (Fsp3) is 0.500. The highest BCUT2D eigenvalue weighted by molar-refractivity contribution is 9.10. The Morgan fingerprint density at radius 3 is 2.44 bits per heavy atom. The lowest BCUT2D eigenvalue weighted by Gasteiger charge is -2.05. The van der Waals surface area contributed by atoms with E-state index in [0.29, 0.717) is 24.5 Å². The van der Waals surface area contributed by atoms with Crippen LogP contribution in [-0.2, 0) is 10.8 Å². The van der Waals surface area contributed by atoms with Crippen LogP contribution in [0.4, 0.5) is 0 Å². The zero-order chi connectivity index (χ0) is 13.5. The summed E-state index contributed by atoms with van der Waals surface area (Å²) in [7, 11) is -0.786. The first-order chi connectivity index (χ1) is 8.49. The third-order valence-electron chi connectivity index (χ3n) is 2.46. The molecule has 1 aromatic rings. The Hall–Kier alpha value is -0.480. The lowest BCUT2D eigenvalue weighted by atomic mass is 10.1. The molecule has 0 aromatic heterocycles. The van der Waals surface area contributed by atoms with E-state index >= 15 is 0 Å². The second kappa shape index (κ2) is 7.85. The fourth-order valence-electron chi connectivity index (χ4n) is 1.63. The largest absolute Gasteiger partial charge is 0.294 e. The van der Waals surface area contributed by atoms with E-state index in [4.69, 9.17) is 0 Å². The first-order valence-corrected chi connectivity index (χ1v) is 8.41. The molecule has 0 spiro atoms. The van der Waals surface area contributed by atoms with Gasteiger partial charge in [-0.1, -0.05) is 41.9 Å². The summed E-state index contributed by atoms with van der Waals surface area (Å²) in [5.41, 5.74) is 0.729. The summed E-state index contributed by atoms with van der Waals surface area (Å²) < 4.78 is 12.6. The van der Waals surface area contributed by atoms with Gasteiger partial charge in [-0.3, -0.25) is 9.00 Å². The Kier molecular flexibility index (Phi) is 6.79. The monoisotopic (exact) mass is 330 g/mol. The number of carbonyl (C=O) groups is 1. The number of hydrogen-bond acceptors (Lipinski definition) is 2. The van der Waals surface area contributed by atoms with Crippen LogP contribution in [0.1, 0.15) is 37.0 Å². The normalized spacial score (nSPS) is 12.7. The van der Waals surface area contributed by atoms with Gasteiger partial charge in [0, 0.05) is 38.8 Å². The molecule has 0 aliphatic heterocycles. The minimum Gasteiger partial charge on any atom is -0.294 e. The van der Waals surface area contributed by atoms with Crippen LogP contribution in [0.15, 0.2) is 28.7 Å². The van der Waals surface area contributed by atoms with E-state index in [-0.39, 0.29) is 5.78 Å². The SMILES string of the molecule is CC(C)CS(=O)CCCC(=O)c1ccc(Br)cc1. The molecule has 1 aromatic carbocycles. The van der Waals surface area contributed by atoms with Gasteiger partial charge in [-0.25, -0.2) is 0 Å². The van der Waals surface area contributed by atoms with Gasteiger partial charge in [-0.15, -0.1) is 0 Å². The van der Waals surface area contributed by atoms with Crippen LogP contribution in [0.5, 0.6) is 0 Å². The van der Waals surface area contributed by atoms with Crippen molar-refractivity contribution in [3.8, 4) is 0 Å². The summed E-state index contributed by atoms with van der Waals surface area (Å²) in [5.74, 6) is 1.93. The third kappa shape index (κ3) is 5.91. The van der Waals surface area contributed by atoms with E-state index in [0.717, 1.165) is 15.8 Å². The van der Waals surface area contributed by atoms with Crippen molar-refractivity contribution in [3.63, 3.8) is 0 Å². The van der Waals surface area contributed by atoms with Gasteiger partial charge < -0.3 is 0 Å². The highest BCUT2D eigenvalue weighted by Gasteiger charge is 2.08. The van der Waals surface area contributed by atoms with Crippen molar-refractivity contribution in [1.82, 2.24) is 0 Å². The molecule has 0 radical (unpaired) electrons. The Balaban J connectivity index is 2.33. The average Bonchev–Trinajstić information content (AvgIpc) is 2.28. The molecule has 1 atom stereocenters. The van der Waals surface area contributed by atoms with Gasteiger partial charge in [0.25, 0.3) is 0 Å². The van der Waals surface area contributed by atoms with Crippen LogP contribution in [0, 0.1) is 5.92 Å². The summed E-state index contributed by atoms with van der Waals surface area (Å²) in [5, 5.41) is 0. The number of hydrogen-bond donors (Lipinski definition) is 0. The second-order valence-corrected chi connectivity index (χ2v) is 7.27. The highest BCUT2D eigenvalue weighted by Crippen LogP contribution is 2.12. The molecule has 0 aliphatic carbocycles. The molecule has 0 fully saturated rings. The Morgan fingerprint density at radius 2 is 1.89 bits per heavy atom. The summed E-state index contributed by atoms with van der Waals surface area (Å²) in [4.78, 5) is 11.8. The maximum absolute atomic E-state index is 11.8. The number of benzene rings is 1. The number of ketones is 1. The minimum atomic E-state index is -0.786. The third-order valence-corrected chi connectivity index (χ3v) is 4.77. The van der Waals surface area contributed by atoms with Gasteiger partial charge >= 0.3 is 0 Å². The molecule has 0 aliphatic rings. The van der Waals surface area contributed by atoms with Crippen LogP contribution < -0.4 is 0 Å². The lowest BCUT2D eigenvalue weighted by Crippen LogP contribution is -2.09. The van der Waals surface area contributed by atoms with E-state index in [1.54, 1.807) is 0 Å². The molecular formula is C14H19BrO2S. The van der Waals surface area contributed by atoms with E-state index in [1.807, 2.05) is 24.3 Å². The fourth-order valence-corrected chi connectivity index (χ4v) is 3.27. The van der Waals surface area contributed by atoms with Gasteiger partial charge in [0.2, 0.25) is 0 Å². The summed E-state index contributed by atoms with van der Waals surface area (Å²) >= 11 is 3.34.